The van der Waals surface area contributed by atoms with E-state index >= 15 is 0 Å². The summed E-state index contributed by atoms with van der Waals surface area (Å²) in [6.07, 6.45) is 0. The lowest BCUT2D eigenvalue weighted by Gasteiger charge is -2.38. The molecule has 1 fully saturated rings. The van der Waals surface area contributed by atoms with Crippen LogP contribution in [0.5, 0.6) is 0 Å². The number of nitrogens with zero attached hydrogens (tertiary/aromatic N) is 1. The van der Waals surface area contributed by atoms with E-state index in [0.29, 0.717) is 5.92 Å². The Morgan fingerprint density at radius 1 is 1.28 bits per heavy atom. The molecular formula is C14H18BrNO2. The highest BCUT2D eigenvalue weighted by molar-refractivity contribution is 9.10. The van der Waals surface area contributed by atoms with Crippen LogP contribution in [0.25, 0.3) is 0 Å². The number of hydroxylamine groups is 2. The molecule has 0 N–H and O–H groups in total. The van der Waals surface area contributed by atoms with Crippen LogP contribution < -0.4 is 0 Å². The molecular weight excluding hydrogens is 294 g/mol. The fraction of sp³-hybridized carbons (Fsp3) is 0.500. The maximum atomic E-state index is 11.7. The Labute approximate surface area is 116 Å². The van der Waals surface area contributed by atoms with E-state index in [1.165, 1.54) is 5.56 Å². The van der Waals surface area contributed by atoms with Gasteiger partial charge in [0.15, 0.2) is 0 Å². The first-order valence-electron chi connectivity index (χ1n) is 6.09. The van der Waals surface area contributed by atoms with Crippen molar-refractivity contribution in [2.24, 2.45) is 5.41 Å². The minimum Gasteiger partial charge on any atom is -0.367 e. The maximum Gasteiger partial charge on any atom is 0.330 e. The molecule has 0 aromatic heterocycles. The zero-order valence-corrected chi connectivity index (χ0v) is 12.5. The van der Waals surface area contributed by atoms with Crippen molar-refractivity contribution >= 4 is 21.9 Å². The largest absolute Gasteiger partial charge is 0.367 e. The van der Waals surface area contributed by atoms with Crippen molar-refractivity contribution in [3.8, 4) is 0 Å². The zero-order valence-electron chi connectivity index (χ0n) is 10.9. The first-order chi connectivity index (χ1) is 8.36. The molecule has 1 aliphatic heterocycles. The van der Waals surface area contributed by atoms with Crippen LogP contribution in [0, 0.1) is 5.41 Å². The van der Waals surface area contributed by atoms with Gasteiger partial charge in [-0.25, -0.2) is 4.79 Å². The van der Waals surface area contributed by atoms with E-state index in [0.717, 1.165) is 17.6 Å². The molecule has 1 saturated heterocycles. The summed E-state index contributed by atoms with van der Waals surface area (Å²) < 4.78 is 1.08. The van der Waals surface area contributed by atoms with E-state index in [-0.39, 0.29) is 5.97 Å². The summed E-state index contributed by atoms with van der Waals surface area (Å²) in [7, 11) is 0. The Morgan fingerprint density at radius 2 is 1.83 bits per heavy atom. The highest BCUT2D eigenvalue weighted by Crippen LogP contribution is 2.29. The van der Waals surface area contributed by atoms with Gasteiger partial charge in [-0.3, -0.25) is 0 Å². The minimum atomic E-state index is -0.442. The predicted octanol–water partition coefficient (Wildman–Crippen LogP) is 3.35. The van der Waals surface area contributed by atoms with Crippen molar-refractivity contribution in [3.05, 3.63) is 34.3 Å². The summed E-state index contributed by atoms with van der Waals surface area (Å²) in [5, 5.41) is 1.74. The summed E-state index contributed by atoms with van der Waals surface area (Å²) in [6.45, 7) is 7.15. The van der Waals surface area contributed by atoms with Gasteiger partial charge in [-0.05, 0) is 38.5 Å². The van der Waals surface area contributed by atoms with Gasteiger partial charge in [-0.1, -0.05) is 28.1 Å². The lowest BCUT2D eigenvalue weighted by molar-refractivity contribution is -0.220. The van der Waals surface area contributed by atoms with Gasteiger partial charge in [0, 0.05) is 23.5 Å². The van der Waals surface area contributed by atoms with Crippen molar-refractivity contribution < 1.29 is 9.63 Å². The second-order valence-corrected chi connectivity index (χ2v) is 6.64. The summed E-state index contributed by atoms with van der Waals surface area (Å²) in [5.41, 5.74) is 0.851. The molecule has 0 spiro atoms. The van der Waals surface area contributed by atoms with Crippen LogP contribution in [0.3, 0.4) is 0 Å². The number of rotatable bonds is 2. The molecule has 0 bridgehead atoms. The average Bonchev–Trinajstić information content (AvgIpc) is 2.23. The van der Waals surface area contributed by atoms with Gasteiger partial charge in [0.1, 0.15) is 0 Å². The molecule has 0 aliphatic carbocycles. The molecule has 4 heteroatoms. The number of benzene rings is 1. The fourth-order valence-corrected chi connectivity index (χ4v) is 1.98. The Balaban J connectivity index is 1.84. The number of halogens is 1. The lowest BCUT2D eigenvalue weighted by Crippen LogP contribution is -2.47. The molecule has 3 nitrogen and oxygen atoms in total. The molecule has 1 aliphatic rings. The van der Waals surface area contributed by atoms with E-state index in [1.54, 1.807) is 5.06 Å². The van der Waals surface area contributed by atoms with Crippen molar-refractivity contribution in [2.45, 2.75) is 26.7 Å². The first-order valence-corrected chi connectivity index (χ1v) is 6.88. The summed E-state index contributed by atoms with van der Waals surface area (Å²) in [4.78, 5) is 17.0. The third-order valence-corrected chi connectivity index (χ3v) is 3.54. The Kier molecular flexibility index (Phi) is 3.78. The molecule has 0 radical (unpaired) electrons. The fourth-order valence-electron chi connectivity index (χ4n) is 1.71. The smallest absolute Gasteiger partial charge is 0.330 e. The second kappa shape index (κ2) is 5.02. The van der Waals surface area contributed by atoms with Crippen LogP contribution in [-0.4, -0.2) is 24.1 Å². The first kappa shape index (κ1) is 13.6. The SMILES string of the molecule is CC(C)(C)C(=O)ON1CC(c2ccc(Br)cc2)C1. The van der Waals surface area contributed by atoms with Crippen LogP contribution in [0.1, 0.15) is 32.3 Å². The maximum absolute atomic E-state index is 11.7. The topological polar surface area (TPSA) is 29.5 Å². The Bertz CT molecular complexity index is 430. The molecule has 18 heavy (non-hydrogen) atoms. The van der Waals surface area contributed by atoms with Gasteiger partial charge in [-0.15, -0.1) is 5.06 Å². The molecule has 0 saturated carbocycles. The van der Waals surface area contributed by atoms with E-state index in [2.05, 4.69) is 28.1 Å². The normalized spacial score (nSPS) is 17.3. The highest BCUT2D eigenvalue weighted by Gasteiger charge is 2.34. The minimum absolute atomic E-state index is 0.170. The van der Waals surface area contributed by atoms with Gasteiger partial charge in [-0.2, -0.15) is 0 Å². The van der Waals surface area contributed by atoms with Crippen LogP contribution >= 0.6 is 15.9 Å². The molecule has 0 atom stereocenters. The van der Waals surface area contributed by atoms with E-state index in [1.807, 2.05) is 32.9 Å². The molecule has 98 valence electrons. The van der Waals surface area contributed by atoms with Gasteiger partial charge in [0.2, 0.25) is 0 Å². The molecule has 1 heterocycles. The molecule has 0 unspecified atom stereocenters. The number of hydrogen-bond acceptors (Lipinski definition) is 3. The molecule has 1 aromatic carbocycles. The van der Waals surface area contributed by atoms with E-state index in [4.69, 9.17) is 4.84 Å². The van der Waals surface area contributed by atoms with Crippen LogP contribution in [0.4, 0.5) is 0 Å². The summed E-state index contributed by atoms with van der Waals surface area (Å²) >= 11 is 3.42. The lowest BCUT2D eigenvalue weighted by atomic mass is 9.93. The van der Waals surface area contributed by atoms with Crippen molar-refractivity contribution in [3.63, 3.8) is 0 Å². The average molecular weight is 312 g/mol. The van der Waals surface area contributed by atoms with Crippen LogP contribution in [0.2, 0.25) is 0 Å². The van der Waals surface area contributed by atoms with E-state index < -0.39 is 5.41 Å². The van der Waals surface area contributed by atoms with Gasteiger partial charge < -0.3 is 4.84 Å². The zero-order chi connectivity index (χ0) is 13.3. The highest BCUT2D eigenvalue weighted by atomic mass is 79.9. The summed E-state index contributed by atoms with van der Waals surface area (Å²) in [6, 6.07) is 8.30. The molecule has 1 aromatic rings. The van der Waals surface area contributed by atoms with Gasteiger partial charge in [0.05, 0.1) is 5.41 Å². The summed E-state index contributed by atoms with van der Waals surface area (Å²) in [5.74, 6) is 0.294. The predicted molar refractivity (Wildman–Crippen MR) is 74.0 cm³/mol. The van der Waals surface area contributed by atoms with Crippen molar-refractivity contribution in [1.82, 2.24) is 5.06 Å². The van der Waals surface area contributed by atoms with Gasteiger partial charge >= 0.3 is 5.97 Å². The number of carbonyl (C=O) groups is 1. The monoisotopic (exact) mass is 311 g/mol. The van der Waals surface area contributed by atoms with Crippen molar-refractivity contribution in [2.75, 3.05) is 13.1 Å². The second-order valence-electron chi connectivity index (χ2n) is 5.72. The van der Waals surface area contributed by atoms with Crippen molar-refractivity contribution in [1.29, 1.82) is 0 Å². The Morgan fingerprint density at radius 3 is 2.33 bits per heavy atom. The van der Waals surface area contributed by atoms with E-state index in [9.17, 15) is 4.79 Å². The standard InChI is InChI=1S/C14H18BrNO2/c1-14(2,3)13(17)18-16-8-11(9-16)10-4-6-12(15)7-5-10/h4-7,11H,8-9H2,1-3H3. The number of hydrogen-bond donors (Lipinski definition) is 0. The van der Waals surface area contributed by atoms with Gasteiger partial charge in [0.25, 0.3) is 0 Å². The number of carbonyl (C=O) groups excluding carboxylic acids is 1. The third-order valence-electron chi connectivity index (χ3n) is 3.01. The van der Waals surface area contributed by atoms with Crippen LogP contribution in [-0.2, 0) is 9.63 Å². The quantitative estimate of drug-likeness (QED) is 0.839. The molecule has 2 rings (SSSR count). The van der Waals surface area contributed by atoms with Crippen LogP contribution in [0.15, 0.2) is 28.7 Å². The molecule has 0 amide bonds. The third kappa shape index (κ3) is 3.12. The Hall–Kier alpha value is -0.870.